The van der Waals surface area contributed by atoms with Crippen molar-refractivity contribution in [3.63, 3.8) is 0 Å². The summed E-state index contributed by atoms with van der Waals surface area (Å²) >= 11 is 0. The topological polar surface area (TPSA) is 86.3 Å². The molecule has 0 fully saturated rings. The highest BCUT2D eigenvalue weighted by Gasteiger charge is 2.41. The van der Waals surface area contributed by atoms with Gasteiger partial charge in [-0.2, -0.15) is 13.5 Å². The highest BCUT2D eigenvalue weighted by atomic mass is 32.1. The van der Waals surface area contributed by atoms with E-state index in [1.807, 2.05) is 19.1 Å². The van der Waals surface area contributed by atoms with E-state index in [9.17, 15) is 14.5 Å². The van der Waals surface area contributed by atoms with Crippen LogP contribution in [0.5, 0.6) is 6.01 Å². The van der Waals surface area contributed by atoms with E-state index in [2.05, 4.69) is 16.0 Å². The average Bonchev–Trinajstić information content (AvgIpc) is 3.22. The summed E-state index contributed by atoms with van der Waals surface area (Å²) in [6.45, 7) is 4.76. The minimum Gasteiger partial charge on any atom is -0.436 e. The third kappa shape index (κ3) is 4.13. The number of hydrogen-bond donors (Lipinski definition) is 0. The normalized spacial score (nSPS) is 19.8. The number of halogens is 1. The minimum atomic E-state index is -0.515. The van der Waals surface area contributed by atoms with Crippen LogP contribution in [0.25, 0.3) is 11.3 Å². The van der Waals surface area contributed by atoms with Gasteiger partial charge in [-0.15, -0.1) is 0 Å². The molecule has 3 aromatic rings. The van der Waals surface area contributed by atoms with Crippen LogP contribution in [-0.4, -0.2) is 43.0 Å². The molecule has 1 atom stereocenters. The summed E-state index contributed by atoms with van der Waals surface area (Å²) in [5.74, 6) is -0.465. The Labute approximate surface area is 185 Å². The van der Waals surface area contributed by atoms with Gasteiger partial charge in [0.2, 0.25) is 0 Å². The number of benzene rings is 1. The van der Waals surface area contributed by atoms with Crippen LogP contribution in [0, 0.1) is 15.9 Å². The molecule has 31 heavy (non-hydrogen) atoms. The van der Waals surface area contributed by atoms with Gasteiger partial charge in [-0.05, 0) is 35.6 Å². The van der Waals surface area contributed by atoms with E-state index < -0.39 is 10.5 Å². The van der Waals surface area contributed by atoms with Crippen LogP contribution < -0.4 is 4.74 Å². The maximum Gasteiger partial charge on any atom is 0.415 e. The molecule has 0 radical (unpaired) electrons. The molecule has 0 spiro atoms. The van der Waals surface area contributed by atoms with E-state index >= 15 is 0 Å². The summed E-state index contributed by atoms with van der Waals surface area (Å²) in [5, 5.41) is 10.9. The first-order valence-electron chi connectivity index (χ1n) is 9.76. The van der Waals surface area contributed by atoms with Crippen molar-refractivity contribution in [2.45, 2.75) is 32.0 Å². The molecule has 4 heterocycles. The van der Waals surface area contributed by atoms with E-state index in [0.29, 0.717) is 19.1 Å². The Morgan fingerprint density at radius 3 is 2.87 bits per heavy atom. The summed E-state index contributed by atoms with van der Waals surface area (Å²) in [4.78, 5) is 21.4. The number of pyridine rings is 1. The van der Waals surface area contributed by atoms with Gasteiger partial charge >= 0.3 is 11.8 Å². The predicted molar refractivity (Wildman–Crippen MR) is 117 cm³/mol. The number of nitro groups is 1. The number of imidazole rings is 1. The molecule has 0 saturated carbocycles. The number of ether oxygens (including phenoxy) is 1. The van der Waals surface area contributed by atoms with Crippen molar-refractivity contribution in [1.82, 2.24) is 19.4 Å². The van der Waals surface area contributed by atoms with Gasteiger partial charge in [-0.1, -0.05) is 18.2 Å². The summed E-state index contributed by atoms with van der Waals surface area (Å²) in [7, 11) is 0. The van der Waals surface area contributed by atoms with Crippen molar-refractivity contribution in [2.75, 3.05) is 13.1 Å². The fourth-order valence-corrected chi connectivity index (χ4v) is 4.25. The number of nitrogens with zero attached hydrogens (tertiary/aromatic N) is 5. The molecule has 2 aliphatic heterocycles. The largest absolute Gasteiger partial charge is 0.436 e. The third-order valence-corrected chi connectivity index (χ3v) is 5.56. The Morgan fingerprint density at radius 1 is 1.29 bits per heavy atom. The van der Waals surface area contributed by atoms with E-state index in [1.54, 1.807) is 10.6 Å². The van der Waals surface area contributed by atoms with Crippen LogP contribution in [0.1, 0.15) is 18.2 Å². The molecule has 8 nitrogen and oxygen atoms in total. The van der Waals surface area contributed by atoms with Crippen molar-refractivity contribution in [1.29, 1.82) is 0 Å². The van der Waals surface area contributed by atoms with Gasteiger partial charge in [0, 0.05) is 42.3 Å². The van der Waals surface area contributed by atoms with E-state index in [4.69, 9.17) is 9.72 Å². The molecular formula is C21H22FN5O3S. The molecular weight excluding hydrogens is 421 g/mol. The number of fused-ring (bicyclic) bond motifs is 2. The predicted octanol–water partition coefficient (Wildman–Crippen LogP) is 3.31. The molecule has 0 bridgehead atoms. The fourth-order valence-electron chi connectivity index (χ4n) is 4.25. The van der Waals surface area contributed by atoms with Crippen molar-refractivity contribution in [2.24, 2.45) is 0 Å². The van der Waals surface area contributed by atoms with Crippen molar-refractivity contribution < 1.29 is 14.1 Å². The Morgan fingerprint density at radius 2 is 2.13 bits per heavy atom. The lowest BCUT2D eigenvalue weighted by Gasteiger charge is -2.34. The average molecular weight is 444 g/mol. The highest BCUT2D eigenvalue weighted by molar-refractivity contribution is 7.59. The first kappa shape index (κ1) is 21.3. The second kappa shape index (κ2) is 7.93. The van der Waals surface area contributed by atoms with Crippen molar-refractivity contribution in [3.05, 3.63) is 69.8 Å². The monoisotopic (exact) mass is 443 g/mol. The molecule has 5 rings (SSSR count). The van der Waals surface area contributed by atoms with Crippen molar-refractivity contribution >= 4 is 19.3 Å². The molecule has 0 N–H and O–H groups in total. The van der Waals surface area contributed by atoms with Gasteiger partial charge in [-0.25, -0.2) is 4.39 Å². The van der Waals surface area contributed by atoms with Gasteiger partial charge < -0.3 is 14.9 Å². The SMILES string of the molecule is C[C@]1(CN2CCc3nc(-c4cccc(F)c4)ccc3C2)Cn2cc([N+](=O)[O-])nc2O1.S. The second-order valence-electron chi connectivity index (χ2n) is 8.09. The minimum absolute atomic E-state index is 0. The molecule has 10 heteroatoms. The standard InChI is InChI=1S/C21H20FN5O3.H2S/c1-21(13-26-11-19(27(28)29)24-20(26)30-21)12-25-8-7-18-15(10-25)5-6-17(23-18)14-3-2-4-16(22)9-14;/h2-6,9,11H,7-8,10,12-13H2,1H3;1H2/t21-;/m0./s1. The summed E-state index contributed by atoms with van der Waals surface area (Å²) < 4.78 is 21.2. The molecule has 0 unspecified atom stereocenters. The summed E-state index contributed by atoms with van der Waals surface area (Å²) in [6, 6.07) is 10.8. The van der Waals surface area contributed by atoms with Gasteiger partial charge in [0.25, 0.3) is 0 Å². The smallest absolute Gasteiger partial charge is 0.415 e. The zero-order valence-corrected chi connectivity index (χ0v) is 17.9. The summed E-state index contributed by atoms with van der Waals surface area (Å²) in [5.41, 5.74) is 3.24. The van der Waals surface area contributed by atoms with Crippen LogP contribution in [-0.2, 0) is 19.5 Å². The second-order valence-corrected chi connectivity index (χ2v) is 8.09. The molecule has 0 saturated heterocycles. The van der Waals surface area contributed by atoms with Crippen LogP contribution >= 0.6 is 13.5 Å². The van der Waals surface area contributed by atoms with Gasteiger partial charge in [0.05, 0.1) is 12.2 Å². The lowest BCUT2D eigenvalue weighted by atomic mass is 10.0. The number of rotatable bonds is 4. The van der Waals surface area contributed by atoms with E-state index in [0.717, 1.165) is 42.0 Å². The van der Waals surface area contributed by atoms with Crippen LogP contribution in [0.4, 0.5) is 10.2 Å². The van der Waals surface area contributed by atoms with Crippen LogP contribution in [0.2, 0.25) is 0 Å². The summed E-state index contributed by atoms with van der Waals surface area (Å²) in [6.07, 6.45) is 2.22. The van der Waals surface area contributed by atoms with Gasteiger partial charge in [0.1, 0.15) is 17.6 Å². The maximum atomic E-state index is 13.5. The van der Waals surface area contributed by atoms with Crippen LogP contribution in [0.15, 0.2) is 42.6 Å². The fraction of sp³-hybridized carbons (Fsp3) is 0.333. The number of aromatic nitrogens is 3. The Bertz CT molecular complexity index is 1130. The van der Waals surface area contributed by atoms with Gasteiger partial charge in [-0.3, -0.25) is 14.5 Å². The van der Waals surface area contributed by atoms with Crippen molar-refractivity contribution in [3.8, 4) is 17.3 Å². The first-order chi connectivity index (χ1) is 14.4. The van der Waals surface area contributed by atoms with Gasteiger partial charge in [0.15, 0.2) is 0 Å². The van der Waals surface area contributed by atoms with E-state index in [1.165, 1.54) is 18.3 Å². The zero-order valence-electron chi connectivity index (χ0n) is 16.9. The Balaban J connectivity index is 0.00000231. The molecule has 0 amide bonds. The molecule has 2 aliphatic rings. The molecule has 1 aromatic carbocycles. The lowest BCUT2D eigenvalue weighted by Crippen LogP contribution is -2.46. The first-order valence-corrected chi connectivity index (χ1v) is 9.76. The quantitative estimate of drug-likeness (QED) is 0.454. The zero-order chi connectivity index (χ0) is 20.9. The molecule has 2 aromatic heterocycles. The van der Waals surface area contributed by atoms with Crippen LogP contribution in [0.3, 0.4) is 0 Å². The maximum absolute atomic E-state index is 13.5. The van der Waals surface area contributed by atoms with E-state index in [-0.39, 0.29) is 25.1 Å². The highest BCUT2D eigenvalue weighted by Crippen LogP contribution is 2.32. The number of hydrogen-bond acceptors (Lipinski definition) is 6. The molecule has 0 aliphatic carbocycles. The Hall–Kier alpha value is -2.98. The molecule has 162 valence electrons. The lowest BCUT2D eigenvalue weighted by molar-refractivity contribution is -0.389. The third-order valence-electron chi connectivity index (χ3n) is 5.56. The Kier molecular flexibility index (Phi) is 5.44.